The number of piperazine rings is 1. The van der Waals surface area contributed by atoms with E-state index in [0.29, 0.717) is 30.3 Å². The first-order valence-electron chi connectivity index (χ1n) is 8.88. The van der Waals surface area contributed by atoms with Crippen LogP contribution < -0.4 is 10.6 Å². The van der Waals surface area contributed by atoms with E-state index in [0.717, 1.165) is 6.42 Å². The van der Waals surface area contributed by atoms with E-state index in [-0.39, 0.29) is 29.6 Å². The Balaban J connectivity index is 1.76. The van der Waals surface area contributed by atoms with Crippen LogP contribution in [0.3, 0.4) is 0 Å². The first kappa shape index (κ1) is 17.5. The van der Waals surface area contributed by atoms with E-state index in [1.54, 1.807) is 29.2 Å². The number of amides is 3. The van der Waals surface area contributed by atoms with Crippen LogP contribution in [0.1, 0.15) is 37.6 Å². The lowest BCUT2D eigenvalue weighted by Gasteiger charge is -2.37. The summed E-state index contributed by atoms with van der Waals surface area (Å²) in [5.41, 5.74) is 1.11. The molecule has 0 radical (unpaired) electrons. The topological polar surface area (TPSA) is 78.5 Å². The number of nitrogens with one attached hydrogen (secondary N) is 2. The fourth-order valence-corrected chi connectivity index (χ4v) is 3.39. The van der Waals surface area contributed by atoms with Crippen LogP contribution in [0.15, 0.2) is 24.3 Å². The molecule has 0 unspecified atom stereocenters. The van der Waals surface area contributed by atoms with Crippen LogP contribution in [0.5, 0.6) is 0 Å². The van der Waals surface area contributed by atoms with Crippen molar-refractivity contribution >= 4 is 23.4 Å². The van der Waals surface area contributed by atoms with Crippen LogP contribution in [-0.2, 0) is 9.59 Å². The van der Waals surface area contributed by atoms with E-state index in [9.17, 15) is 14.4 Å². The summed E-state index contributed by atoms with van der Waals surface area (Å²) in [6, 6.07) is 6.49. The van der Waals surface area contributed by atoms with Gasteiger partial charge in [0.15, 0.2) is 0 Å². The van der Waals surface area contributed by atoms with Gasteiger partial charge in [-0.2, -0.15) is 0 Å². The largest absolute Gasteiger partial charge is 0.353 e. The molecular formula is C19H25N3O3. The Morgan fingerprint density at radius 1 is 1.32 bits per heavy atom. The summed E-state index contributed by atoms with van der Waals surface area (Å²) in [5, 5.41) is 5.71. The number of rotatable bonds is 4. The standard InChI is InChI=1S/C19H25N3O3/c1-11(2)16-18(24)20-7-8-22(16)19(25)13-5-4-6-14(10-13)21-17(23)15-9-12(15)3/h4-6,10-12,15-16H,7-9H2,1-3H3,(H,20,24)(H,21,23)/t12-,15+,16-/m1/s1. The summed E-state index contributed by atoms with van der Waals surface area (Å²) >= 11 is 0. The molecule has 0 spiro atoms. The maximum Gasteiger partial charge on any atom is 0.254 e. The summed E-state index contributed by atoms with van der Waals surface area (Å²) in [7, 11) is 0. The van der Waals surface area contributed by atoms with E-state index in [1.807, 2.05) is 13.8 Å². The number of benzene rings is 1. The van der Waals surface area contributed by atoms with Crippen LogP contribution >= 0.6 is 0 Å². The first-order chi connectivity index (χ1) is 11.9. The maximum atomic E-state index is 12.9. The third-order valence-corrected chi connectivity index (χ3v) is 4.97. The summed E-state index contributed by atoms with van der Waals surface area (Å²) < 4.78 is 0. The van der Waals surface area contributed by atoms with Gasteiger partial charge in [0, 0.05) is 30.3 Å². The van der Waals surface area contributed by atoms with Crippen molar-refractivity contribution in [1.82, 2.24) is 10.2 Å². The quantitative estimate of drug-likeness (QED) is 0.876. The molecule has 134 valence electrons. The highest BCUT2D eigenvalue weighted by atomic mass is 16.2. The molecule has 1 aromatic carbocycles. The van der Waals surface area contributed by atoms with Crippen molar-refractivity contribution in [3.63, 3.8) is 0 Å². The Morgan fingerprint density at radius 3 is 2.68 bits per heavy atom. The molecule has 1 saturated carbocycles. The highest BCUT2D eigenvalue weighted by Crippen LogP contribution is 2.38. The molecule has 3 amide bonds. The molecule has 1 aromatic rings. The molecule has 1 aliphatic heterocycles. The molecule has 25 heavy (non-hydrogen) atoms. The van der Waals surface area contributed by atoms with Crippen molar-refractivity contribution < 1.29 is 14.4 Å². The molecule has 6 heteroatoms. The number of hydrogen-bond acceptors (Lipinski definition) is 3. The van der Waals surface area contributed by atoms with Crippen molar-refractivity contribution in [3.8, 4) is 0 Å². The number of carbonyl (C=O) groups excluding carboxylic acids is 3. The van der Waals surface area contributed by atoms with Crippen LogP contribution in [0.4, 0.5) is 5.69 Å². The second kappa shape index (κ2) is 6.86. The van der Waals surface area contributed by atoms with Gasteiger partial charge in [0.1, 0.15) is 6.04 Å². The van der Waals surface area contributed by atoms with Gasteiger partial charge in [-0.15, -0.1) is 0 Å². The van der Waals surface area contributed by atoms with Gasteiger partial charge in [0.25, 0.3) is 5.91 Å². The summed E-state index contributed by atoms with van der Waals surface area (Å²) in [4.78, 5) is 38.8. The van der Waals surface area contributed by atoms with Crippen LogP contribution in [0.25, 0.3) is 0 Å². The summed E-state index contributed by atoms with van der Waals surface area (Å²) in [5.74, 6) is 0.267. The van der Waals surface area contributed by atoms with Crippen LogP contribution in [0.2, 0.25) is 0 Å². The average Bonchev–Trinajstić information content (AvgIpc) is 3.31. The van der Waals surface area contributed by atoms with Crippen molar-refractivity contribution in [2.75, 3.05) is 18.4 Å². The third kappa shape index (κ3) is 3.67. The predicted octanol–water partition coefficient (Wildman–Crippen LogP) is 1.88. The summed E-state index contributed by atoms with van der Waals surface area (Å²) in [6.45, 7) is 6.87. The van der Waals surface area contributed by atoms with Gasteiger partial charge in [-0.1, -0.05) is 26.8 Å². The van der Waals surface area contributed by atoms with Gasteiger partial charge in [0.2, 0.25) is 11.8 Å². The van der Waals surface area contributed by atoms with Crippen molar-refractivity contribution in [3.05, 3.63) is 29.8 Å². The lowest BCUT2D eigenvalue weighted by atomic mass is 9.98. The van der Waals surface area contributed by atoms with Crippen LogP contribution in [0, 0.1) is 17.8 Å². The molecule has 2 fully saturated rings. The SMILES string of the molecule is CC(C)[C@@H]1C(=O)NCCN1C(=O)c1cccc(NC(=O)[C@H]2C[C@H]2C)c1. The highest BCUT2D eigenvalue weighted by Gasteiger charge is 2.39. The Labute approximate surface area is 148 Å². The number of hydrogen-bond donors (Lipinski definition) is 2. The maximum absolute atomic E-state index is 12.9. The fourth-order valence-electron chi connectivity index (χ4n) is 3.39. The zero-order valence-electron chi connectivity index (χ0n) is 14.9. The Morgan fingerprint density at radius 2 is 2.04 bits per heavy atom. The Bertz CT molecular complexity index is 701. The first-order valence-corrected chi connectivity index (χ1v) is 8.88. The molecular weight excluding hydrogens is 318 g/mol. The smallest absolute Gasteiger partial charge is 0.254 e. The molecule has 1 heterocycles. The van der Waals surface area contributed by atoms with Crippen molar-refractivity contribution in [2.45, 2.75) is 33.2 Å². The number of nitrogens with zero attached hydrogens (tertiary/aromatic N) is 1. The fraction of sp³-hybridized carbons (Fsp3) is 0.526. The minimum Gasteiger partial charge on any atom is -0.353 e. The van der Waals surface area contributed by atoms with Crippen molar-refractivity contribution in [1.29, 1.82) is 0 Å². The molecule has 1 saturated heterocycles. The van der Waals surface area contributed by atoms with E-state index in [2.05, 4.69) is 17.6 Å². The monoisotopic (exact) mass is 343 g/mol. The molecule has 6 nitrogen and oxygen atoms in total. The van der Waals surface area contributed by atoms with Gasteiger partial charge in [-0.25, -0.2) is 0 Å². The van der Waals surface area contributed by atoms with Gasteiger partial charge in [0.05, 0.1) is 0 Å². The van der Waals surface area contributed by atoms with Gasteiger partial charge < -0.3 is 15.5 Å². The summed E-state index contributed by atoms with van der Waals surface area (Å²) in [6.07, 6.45) is 0.920. The molecule has 3 atom stereocenters. The zero-order valence-corrected chi connectivity index (χ0v) is 14.9. The van der Waals surface area contributed by atoms with Gasteiger partial charge in [-0.05, 0) is 36.5 Å². The Hall–Kier alpha value is -2.37. The van der Waals surface area contributed by atoms with Gasteiger partial charge >= 0.3 is 0 Å². The lowest BCUT2D eigenvalue weighted by molar-refractivity contribution is -0.129. The molecule has 3 rings (SSSR count). The van der Waals surface area contributed by atoms with E-state index in [1.165, 1.54) is 0 Å². The molecule has 0 bridgehead atoms. The second-order valence-corrected chi connectivity index (χ2v) is 7.37. The molecule has 2 aliphatic rings. The van der Waals surface area contributed by atoms with E-state index >= 15 is 0 Å². The van der Waals surface area contributed by atoms with E-state index < -0.39 is 6.04 Å². The Kier molecular flexibility index (Phi) is 4.79. The van der Waals surface area contributed by atoms with Crippen molar-refractivity contribution in [2.24, 2.45) is 17.8 Å². The lowest BCUT2D eigenvalue weighted by Crippen LogP contribution is -2.59. The molecule has 2 N–H and O–H groups in total. The second-order valence-electron chi connectivity index (χ2n) is 7.37. The molecule has 1 aliphatic carbocycles. The normalized spacial score (nSPS) is 25.5. The van der Waals surface area contributed by atoms with E-state index in [4.69, 9.17) is 0 Å². The minimum absolute atomic E-state index is 0.00880. The van der Waals surface area contributed by atoms with Crippen LogP contribution in [-0.4, -0.2) is 41.8 Å². The molecule has 0 aromatic heterocycles. The third-order valence-electron chi connectivity index (χ3n) is 4.97. The minimum atomic E-state index is -0.466. The zero-order chi connectivity index (χ0) is 18.1. The highest BCUT2D eigenvalue weighted by molar-refractivity contribution is 6.00. The average molecular weight is 343 g/mol. The number of carbonyl (C=O) groups is 3. The van der Waals surface area contributed by atoms with Gasteiger partial charge in [-0.3, -0.25) is 14.4 Å². The predicted molar refractivity (Wildman–Crippen MR) is 95.0 cm³/mol. The number of anilines is 1.